The van der Waals surface area contributed by atoms with E-state index in [1.54, 1.807) is 14.1 Å². The largest absolute Gasteiger partial charge is 0.480 e. The van der Waals surface area contributed by atoms with Gasteiger partial charge in [-0.1, -0.05) is 0 Å². The fourth-order valence-electron chi connectivity index (χ4n) is 0.873. The molecule has 0 radical (unpaired) electrons. The molecule has 0 aromatic rings. The SMILES string of the molecule is CN(C)C(=N)NC(CCCN)C(=O)O. The van der Waals surface area contributed by atoms with Crippen molar-refractivity contribution in [3.05, 3.63) is 0 Å². The first-order valence-electron chi connectivity index (χ1n) is 4.44. The first-order valence-corrected chi connectivity index (χ1v) is 4.44. The molecule has 14 heavy (non-hydrogen) atoms. The molecule has 6 heteroatoms. The van der Waals surface area contributed by atoms with Gasteiger partial charge in [0.25, 0.3) is 0 Å². The lowest BCUT2D eigenvalue weighted by Gasteiger charge is -2.20. The van der Waals surface area contributed by atoms with Gasteiger partial charge in [0.1, 0.15) is 6.04 Å². The van der Waals surface area contributed by atoms with Crippen molar-refractivity contribution in [2.45, 2.75) is 18.9 Å². The fourth-order valence-corrected chi connectivity index (χ4v) is 0.873. The highest BCUT2D eigenvalue weighted by molar-refractivity contribution is 5.83. The molecule has 0 aromatic carbocycles. The van der Waals surface area contributed by atoms with E-state index in [1.165, 1.54) is 4.90 Å². The Morgan fingerprint density at radius 2 is 2.21 bits per heavy atom. The van der Waals surface area contributed by atoms with Crippen molar-refractivity contribution >= 4 is 11.9 Å². The van der Waals surface area contributed by atoms with Crippen LogP contribution in [0.25, 0.3) is 0 Å². The number of nitrogens with zero attached hydrogens (tertiary/aromatic N) is 1. The van der Waals surface area contributed by atoms with Crippen LogP contribution < -0.4 is 11.1 Å². The summed E-state index contributed by atoms with van der Waals surface area (Å²) in [6.07, 6.45) is 1.06. The molecule has 1 atom stereocenters. The van der Waals surface area contributed by atoms with Crippen LogP contribution in [0.2, 0.25) is 0 Å². The molecule has 0 fully saturated rings. The molecule has 0 aliphatic rings. The predicted octanol–water partition coefficient (Wildman–Crippen LogP) is -0.736. The lowest BCUT2D eigenvalue weighted by atomic mass is 10.1. The normalized spacial score (nSPS) is 11.9. The van der Waals surface area contributed by atoms with Gasteiger partial charge in [-0.25, -0.2) is 4.79 Å². The third kappa shape index (κ3) is 4.66. The minimum atomic E-state index is -0.954. The van der Waals surface area contributed by atoms with Gasteiger partial charge >= 0.3 is 5.97 Å². The number of carboxylic acids is 1. The zero-order valence-corrected chi connectivity index (χ0v) is 8.58. The summed E-state index contributed by atoms with van der Waals surface area (Å²) < 4.78 is 0. The molecule has 0 aromatic heterocycles. The van der Waals surface area contributed by atoms with Crippen LogP contribution in [0.15, 0.2) is 0 Å². The maximum Gasteiger partial charge on any atom is 0.326 e. The van der Waals surface area contributed by atoms with Gasteiger partial charge in [-0.3, -0.25) is 5.41 Å². The molecular formula is C8H18N4O2. The van der Waals surface area contributed by atoms with Crippen molar-refractivity contribution in [1.29, 1.82) is 5.41 Å². The smallest absolute Gasteiger partial charge is 0.326 e. The van der Waals surface area contributed by atoms with Crippen LogP contribution in [0.1, 0.15) is 12.8 Å². The molecule has 0 rings (SSSR count). The van der Waals surface area contributed by atoms with E-state index in [1.807, 2.05) is 0 Å². The summed E-state index contributed by atoms with van der Waals surface area (Å²) >= 11 is 0. The minimum Gasteiger partial charge on any atom is -0.480 e. The lowest BCUT2D eigenvalue weighted by Crippen LogP contribution is -2.46. The number of rotatable bonds is 5. The van der Waals surface area contributed by atoms with Crippen molar-refractivity contribution in [3.8, 4) is 0 Å². The summed E-state index contributed by atoms with van der Waals surface area (Å²) in [6.45, 7) is 0.459. The quantitative estimate of drug-likeness (QED) is 0.347. The molecule has 0 aliphatic heterocycles. The van der Waals surface area contributed by atoms with Gasteiger partial charge < -0.3 is 21.1 Å². The zero-order valence-electron chi connectivity index (χ0n) is 8.58. The van der Waals surface area contributed by atoms with E-state index in [4.69, 9.17) is 16.2 Å². The molecule has 0 amide bonds. The molecule has 0 spiro atoms. The van der Waals surface area contributed by atoms with Crippen molar-refractivity contribution in [3.63, 3.8) is 0 Å². The van der Waals surface area contributed by atoms with Crippen molar-refractivity contribution < 1.29 is 9.90 Å². The van der Waals surface area contributed by atoms with E-state index in [0.29, 0.717) is 19.4 Å². The van der Waals surface area contributed by atoms with Gasteiger partial charge in [0.2, 0.25) is 0 Å². The first-order chi connectivity index (χ1) is 6.49. The Balaban J connectivity index is 4.09. The average molecular weight is 202 g/mol. The maximum atomic E-state index is 10.7. The highest BCUT2D eigenvalue weighted by Gasteiger charge is 2.17. The van der Waals surface area contributed by atoms with Gasteiger partial charge in [-0.2, -0.15) is 0 Å². The molecule has 6 nitrogen and oxygen atoms in total. The number of guanidine groups is 1. The number of carboxylic acid groups (broad SMARTS) is 1. The average Bonchev–Trinajstić information content (AvgIpc) is 2.10. The Morgan fingerprint density at radius 3 is 2.57 bits per heavy atom. The minimum absolute atomic E-state index is 0.0921. The Bertz CT molecular complexity index is 206. The Kier molecular flexibility index (Phi) is 5.62. The zero-order chi connectivity index (χ0) is 11.1. The molecule has 0 heterocycles. The van der Waals surface area contributed by atoms with Crippen molar-refractivity contribution in [2.24, 2.45) is 5.73 Å². The summed E-state index contributed by atoms with van der Waals surface area (Å²) in [5.74, 6) is -0.862. The van der Waals surface area contributed by atoms with Crippen molar-refractivity contribution in [1.82, 2.24) is 10.2 Å². The predicted molar refractivity (Wildman–Crippen MR) is 54.3 cm³/mol. The van der Waals surface area contributed by atoms with Gasteiger partial charge in [0.15, 0.2) is 5.96 Å². The summed E-state index contributed by atoms with van der Waals surface area (Å²) in [7, 11) is 3.36. The van der Waals surface area contributed by atoms with Gasteiger partial charge in [0, 0.05) is 14.1 Å². The first kappa shape index (κ1) is 12.7. The highest BCUT2D eigenvalue weighted by Crippen LogP contribution is 1.96. The number of hydrogen-bond donors (Lipinski definition) is 4. The van der Waals surface area contributed by atoms with E-state index >= 15 is 0 Å². The second-order valence-corrected chi connectivity index (χ2v) is 3.21. The van der Waals surface area contributed by atoms with E-state index in [-0.39, 0.29) is 5.96 Å². The number of nitrogens with one attached hydrogen (secondary N) is 2. The summed E-state index contributed by atoms with van der Waals surface area (Å²) in [6, 6.07) is -0.728. The van der Waals surface area contributed by atoms with Crippen LogP contribution in [-0.4, -0.2) is 48.6 Å². The number of nitrogens with two attached hydrogens (primary N) is 1. The maximum absolute atomic E-state index is 10.7. The molecule has 5 N–H and O–H groups in total. The number of carbonyl (C=O) groups is 1. The van der Waals surface area contributed by atoms with Crippen LogP contribution in [0.5, 0.6) is 0 Å². The van der Waals surface area contributed by atoms with E-state index in [2.05, 4.69) is 5.32 Å². The van der Waals surface area contributed by atoms with Crippen LogP contribution in [0.3, 0.4) is 0 Å². The summed E-state index contributed by atoms with van der Waals surface area (Å²) in [5.41, 5.74) is 5.28. The molecule has 1 unspecified atom stereocenters. The van der Waals surface area contributed by atoms with Gasteiger partial charge in [0.05, 0.1) is 0 Å². The number of hydrogen-bond acceptors (Lipinski definition) is 3. The van der Waals surface area contributed by atoms with E-state index in [0.717, 1.165) is 0 Å². The highest BCUT2D eigenvalue weighted by atomic mass is 16.4. The van der Waals surface area contributed by atoms with Crippen LogP contribution in [-0.2, 0) is 4.79 Å². The van der Waals surface area contributed by atoms with Gasteiger partial charge in [-0.15, -0.1) is 0 Å². The van der Waals surface area contributed by atoms with E-state index < -0.39 is 12.0 Å². The molecule has 0 saturated carbocycles. The lowest BCUT2D eigenvalue weighted by molar-refractivity contribution is -0.139. The summed E-state index contributed by atoms with van der Waals surface area (Å²) in [4.78, 5) is 12.3. The Morgan fingerprint density at radius 1 is 1.64 bits per heavy atom. The molecule has 0 saturated heterocycles. The second kappa shape index (κ2) is 6.20. The summed E-state index contributed by atoms with van der Waals surface area (Å²) in [5, 5.41) is 18.8. The molecule has 0 bridgehead atoms. The topological polar surface area (TPSA) is 102 Å². The van der Waals surface area contributed by atoms with E-state index in [9.17, 15) is 4.79 Å². The monoisotopic (exact) mass is 202 g/mol. The Labute approximate surface area is 83.6 Å². The molecular weight excluding hydrogens is 184 g/mol. The van der Waals surface area contributed by atoms with Crippen LogP contribution >= 0.6 is 0 Å². The van der Waals surface area contributed by atoms with Crippen LogP contribution in [0.4, 0.5) is 0 Å². The molecule has 0 aliphatic carbocycles. The second-order valence-electron chi connectivity index (χ2n) is 3.21. The van der Waals surface area contributed by atoms with Gasteiger partial charge in [-0.05, 0) is 19.4 Å². The fraction of sp³-hybridized carbons (Fsp3) is 0.750. The molecule has 82 valence electrons. The number of aliphatic carboxylic acids is 1. The Hall–Kier alpha value is -1.30. The third-order valence-electron chi connectivity index (χ3n) is 1.75. The third-order valence-corrected chi connectivity index (χ3v) is 1.75. The van der Waals surface area contributed by atoms with Crippen LogP contribution in [0, 0.1) is 5.41 Å². The standard InChI is InChI=1S/C8H18N4O2/c1-12(2)8(10)11-6(7(13)14)4-3-5-9/h6H,3-5,9H2,1-2H3,(H2,10,11)(H,13,14). The van der Waals surface area contributed by atoms with Crippen molar-refractivity contribution in [2.75, 3.05) is 20.6 Å².